The van der Waals surface area contributed by atoms with E-state index in [1.165, 1.54) is 11.8 Å². The van der Waals surface area contributed by atoms with Crippen LogP contribution < -0.4 is 4.18 Å². The number of rotatable bonds is 7. The van der Waals surface area contributed by atoms with Crippen molar-refractivity contribution in [1.82, 2.24) is 14.8 Å². The monoisotopic (exact) mass is 389 g/mol. The SMILES string of the molecule is Cc1ccc(-n2c(C)nnc2SCCS(=O)(=O)Oc2ccccc2)cc1. The minimum absolute atomic E-state index is 0.119. The van der Waals surface area contributed by atoms with Gasteiger partial charge in [0.1, 0.15) is 11.6 Å². The van der Waals surface area contributed by atoms with Crippen molar-refractivity contribution in [2.75, 3.05) is 11.5 Å². The van der Waals surface area contributed by atoms with Crippen LogP contribution in [-0.4, -0.2) is 34.7 Å². The van der Waals surface area contributed by atoms with Crippen LogP contribution in [0.4, 0.5) is 0 Å². The van der Waals surface area contributed by atoms with E-state index in [2.05, 4.69) is 10.2 Å². The molecule has 0 N–H and O–H groups in total. The minimum atomic E-state index is -3.66. The summed E-state index contributed by atoms with van der Waals surface area (Å²) in [5.74, 6) is 1.27. The fourth-order valence-corrected chi connectivity index (χ4v) is 4.61. The van der Waals surface area contributed by atoms with Crippen molar-refractivity contribution in [1.29, 1.82) is 0 Å². The molecule has 1 aromatic heterocycles. The van der Waals surface area contributed by atoms with Crippen LogP contribution in [0.3, 0.4) is 0 Å². The smallest absolute Gasteiger partial charge is 0.310 e. The zero-order valence-corrected chi connectivity index (χ0v) is 16.1. The van der Waals surface area contributed by atoms with E-state index >= 15 is 0 Å². The number of nitrogens with zero attached hydrogens (tertiary/aromatic N) is 3. The largest absolute Gasteiger partial charge is 0.382 e. The highest BCUT2D eigenvalue weighted by molar-refractivity contribution is 8.00. The molecule has 0 saturated carbocycles. The van der Waals surface area contributed by atoms with E-state index in [1.54, 1.807) is 30.3 Å². The van der Waals surface area contributed by atoms with Crippen molar-refractivity contribution in [3.8, 4) is 11.4 Å². The van der Waals surface area contributed by atoms with Gasteiger partial charge in [-0.2, -0.15) is 8.42 Å². The van der Waals surface area contributed by atoms with Gasteiger partial charge in [-0.3, -0.25) is 4.57 Å². The quantitative estimate of drug-likeness (QED) is 0.455. The van der Waals surface area contributed by atoms with Gasteiger partial charge in [0.2, 0.25) is 0 Å². The molecule has 8 heteroatoms. The Morgan fingerprint density at radius 2 is 1.69 bits per heavy atom. The first-order valence-corrected chi connectivity index (χ1v) is 10.6. The predicted molar refractivity (Wildman–Crippen MR) is 102 cm³/mol. The molecule has 3 aromatic rings. The van der Waals surface area contributed by atoms with Crippen LogP contribution in [0.5, 0.6) is 5.75 Å². The molecule has 0 unspecified atom stereocenters. The average Bonchev–Trinajstić information content (AvgIpc) is 2.97. The Bertz CT molecular complexity index is 969. The van der Waals surface area contributed by atoms with Crippen molar-refractivity contribution in [2.24, 2.45) is 0 Å². The molecule has 2 aromatic carbocycles. The van der Waals surface area contributed by atoms with Gasteiger partial charge in [-0.15, -0.1) is 10.2 Å². The summed E-state index contributed by atoms with van der Waals surface area (Å²) >= 11 is 1.33. The zero-order chi connectivity index (χ0) is 18.6. The fourth-order valence-electron chi connectivity index (χ4n) is 2.33. The number of aryl methyl sites for hydroxylation is 2. The molecular weight excluding hydrogens is 370 g/mol. The maximum Gasteiger partial charge on any atom is 0.310 e. The number of thioether (sulfide) groups is 1. The Kier molecular flexibility index (Phi) is 5.63. The van der Waals surface area contributed by atoms with E-state index in [4.69, 9.17) is 4.18 Å². The van der Waals surface area contributed by atoms with Crippen molar-refractivity contribution < 1.29 is 12.6 Å². The van der Waals surface area contributed by atoms with Crippen LogP contribution in [0.1, 0.15) is 11.4 Å². The van der Waals surface area contributed by atoms with E-state index in [9.17, 15) is 8.42 Å². The lowest BCUT2D eigenvalue weighted by Gasteiger charge is -2.09. The van der Waals surface area contributed by atoms with E-state index in [1.807, 2.05) is 42.7 Å². The van der Waals surface area contributed by atoms with Crippen molar-refractivity contribution in [3.63, 3.8) is 0 Å². The molecule has 0 spiro atoms. The lowest BCUT2D eigenvalue weighted by atomic mass is 10.2. The van der Waals surface area contributed by atoms with Gasteiger partial charge in [-0.05, 0) is 38.1 Å². The lowest BCUT2D eigenvalue weighted by molar-refractivity contribution is 0.488. The number of hydrogen-bond donors (Lipinski definition) is 0. The van der Waals surface area contributed by atoms with Crippen LogP contribution >= 0.6 is 11.8 Å². The highest BCUT2D eigenvalue weighted by Gasteiger charge is 2.16. The Morgan fingerprint density at radius 1 is 1.00 bits per heavy atom. The van der Waals surface area contributed by atoms with Crippen molar-refractivity contribution >= 4 is 21.9 Å². The molecule has 1 heterocycles. The Hall–Kier alpha value is -2.32. The van der Waals surface area contributed by atoms with Gasteiger partial charge in [-0.25, -0.2) is 0 Å². The molecule has 0 radical (unpaired) electrons. The third-order valence-electron chi connectivity index (χ3n) is 3.62. The van der Waals surface area contributed by atoms with Gasteiger partial charge < -0.3 is 4.18 Å². The van der Waals surface area contributed by atoms with Crippen LogP contribution in [0.25, 0.3) is 5.69 Å². The number of para-hydroxylation sites is 1. The molecule has 6 nitrogen and oxygen atoms in total. The normalized spacial score (nSPS) is 11.5. The first-order valence-electron chi connectivity index (χ1n) is 8.04. The molecule has 136 valence electrons. The second-order valence-corrected chi connectivity index (χ2v) is 8.46. The maximum absolute atomic E-state index is 12.1. The predicted octanol–water partition coefficient (Wildman–Crippen LogP) is 3.39. The molecule has 0 fully saturated rings. The average molecular weight is 390 g/mol. The van der Waals surface area contributed by atoms with Crippen LogP contribution in [0.15, 0.2) is 59.8 Å². The lowest BCUT2D eigenvalue weighted by Crippen LogP contribution is -2.15. The highest BCUT2D eigenvalue weighted by Crippen LogP contribution is 2.22. The second-order valence-electron chi connectivity index (χ2n) is 5.71. The summed E-state index contributed by atoms with van der Waals surface area (Å²) in [6.45, 7) is 3.89. The second kappa shape index (κ2) is 7.92. The summed E-state index contributed by atoms with van der Waals surface area (Å²) in [4.78, 5) is 0. The molecule has 0 saturated heterocycles. The highest BCUT2D eigenvalue weighted by atomic mass is 32.2. The van der Waals surface area contributed by atoms with Crippen LogP contribution in [0.2, 0.25) is 0 Å². The Morgan fingerprint density at radius 3 is 2.38 bits per heavy atom. The topological polar surface area (TPSA) is 74.1 Å². The standard InChI is InChI=1S/C18H19N3O3S2/c1-14-8-10-16(11-9-14)21-15(2)19-20-18(21)25-12-13-26(22,23)24-17-6-4-3-5-7-17/h3-11H,12-13H2,1-2H3. The molecule has 0 amide bonds. The Labute approximate surface area is 157 Å². The third kappa shape index (κ3) is 4.64. The number of benzene rings is 2. The van der Waals surface area contributed by atoms with Gasteiger partial charge in [0.15, 0.2) is 5.16 Å². The zero-order valence-electron chi connectivity index (χ0n) is 14.5. The molecule has 0 aliphatic carbocycles. The summed E-state index contributed by atoms with van der Waals surface area (Å²) in [7, 11) is -3.66. The van der Waals surface area contributed by atoms with Gasteiger partial charge in [-0.1, -0.05) is 47.7 Å². The van der Waals surface area contributed by atoms with Crippen molar-refractivity contribution in [2.45, 2.75) is 19.0 Å². The van der Waals surface area contributed by atoms with Crippen molar-refractivity contribution in [3.05, 3.63) is 66.0 Å². The van der Waals surface area contributed by atoms with Gasteiger partial charge in [0.05, 0.1) is 5.75 Å². The first kappa shape index (κ1) is 18.5. The molecule has 0 bridgehead atoms. The summed E-state index contributed by atoms with van der Waals surface area (Å²) in [5, 5.41) is 8.92. The number of hydrogen-bond acceptors (Lipinski definition) is 6. The fraction of sp³-hybridized carbons (Fsp3) is 0.222. The van der Waals surface area contributed by atoms with E-state index in [0.717, 1.165) is 17.1 Å². The molecule has 3 rings (SSSR count). The molecule has 0 atom stereocenters. The molecule has 0 aliphatic heterocycles. The molecule has 0 aliphatic rings. The van der Waals surface area contributed by atoms with E-state index < -0.39 is 10.1 Å². The van der Waals surface area contributed by atoms with Gasteiger partial charge in [0, 0.05) is 11.4 Å². The van der Waals surface area contributed by atoms with Crippen LogP contribution in [-0.2, 0) is 10.1 Å². The third-order valence-corrected chi connectivity index (χ3v) is 5.96. The van der Waals surface area contributed by atoms with Crippen LogP contribution in [0, 0.1) is 13.8 Å². The Balaban J connectivity index is 1.66. The summed E-state index contributed by atoms with van der Waals surface area (Å²) in [6.07, 6.45) is 0. The van der Waals surface area contributed by atoms with Gasteiger partial charge in [0.25, 0.3) is 0 Å². The number of aromatic nitrogens is 3. The molecular formula is C18H19N3O3S2. The van der Waals surface area contributed by atoms with Gasteiger partial charge >= 0.3 is 10.1 Å². The summed E-state index contributed by atoms with van der Waals surface area (Å²) in [6, 6.07) is 16.5. The summed E-state index contributed by atoms with van der Waals surface area (Å²) in [5.41, 5.74) is 2.11. The minimum Gasteiger partial charge on any atom is -0.382 e. The maximum atomic E-state index is 12.1. The first-order chi connectivity index (χ1) is 12.4. The van der Waals surface area contributed by atoms with E-state index in [0.29, 0.717) is 16.7 Å². The van der Waals surface area contributed by atoms with E-state index in [-0.39, 0.29) is 5.75 Å². The molecule has 26 heavy (non-hydrogen) atoms. The summed E-state index contributed by atoms with van der Waals surface area (Å²) < 4.78 is 31.2.